The predicted molar refractivity (Wildman–Crippen MR) is 75.7 cm³/mol. The minimum Gasteiger partial charge on any atom is -0.253 e. The quantitative estimate of drug-likeness (QED) is 0.843. The summed E-state index contributed by atoms with van der Waals surface area (Å²) >= 11 is 5.99. The highest BCUT2D eigenvalue weighted by atomic mass is 35.5. The number of halogens is 4. The van der Waals surface area contributed by atoms with Gasteiger partial charge in [0.1, 0.15) is 5.03 Å². The van der Waals surface area contributed by atoms with Gasteiger partial charge in [0.15, 0.2) is 0 Å². The maximum absolute atomic E-state index is 12.4. The van der Waals surface area contributed by atoms with Gasteiger partial charge in [0.25, 0.3) is 0 Å². The first-order valence-corrected chi connectivity index (χ1v) is 7.72. The van der Waals surface area contributed by atoms with E-state index in [0.717, 1.165) is 17.7 Å². The summed E-state index contributed by atoms with van der Waals surface area (Å²) in [6.07, 6.45) is -3.28. The van der Waals surface area contributed by atoms with Crippen LogP contribution in [0.4, 0.5) is 13.2 Å². The van der Waals surface area contributed by atoms with E-state index in [2.05, 4.69) is 4.98 Å². The molecule has 7 heteroatoms. The maximum Gasteiger partial charge on any atom is 0.417 e. The predicted octanol–water partition coefficient (Wildman–Crippen LogP) is 4.10. The number of hydrogen-bond donors (Lipinski definition) is 0. The van der Waals surface area contributed by atoms with Crippen LogP contribution in [0.1, 0.15) is 11.1 Å². The first-order chi connectivity index (χ1) is 9.88. The van der Waals surface area contributed by atoms with Crippen molar-refractivity contribution in [2.75, 3.05) is 5.75 Å². The SMILES string of the molecule is O=S(CCc1ccccc1Cl)c1ccc(C(F)(F)F)cn1. The summed E-state index contributed by atoms with van der Waals surface area (Å²) in [5.74, 6) is 0.252. The Morgan fingerprint density at radius 3 is 2.43 bits per heavy atom. The second-order valence-corrected chi connectivity index (χ2v) is 6.20. The summed E-state index contributed by atoms with van der Waals surface area (Å²) in [7, 11) is -1.46. The molecule has 1 aromatic heterocycles. The molecule has 0 bridgehead atoms. The van der Waals surface area contributed by atoms with Crippen LogP contribution in [0.25, 0.3) is 0 Å². The van der Waals surface area contributed by atoms with Gasteiger partial charge in [-0.2, -0.15) is 13.2 Å². The average molecular weight is 334 g/mol. The van der Waals surface area contributed by atoms with Crippen molar-refractivity contribution in [2.24, 2.45) is 0 Å². The lowest BCUT2D eigenvalue weighted by Gasteiger charge is -2.07. The molecule has 0 N–H and O–H groups in total. The number of nitrogens with zero attached hydrogens (tertiary/aromatic N) is 1. The molecule has 2 rings (SSSR count). The Bertz CT molecular complexity index is 643. The van der Waals surface area contributed by atoms with E-state index in [9.17, 15) is 17.4 Å². The van der Waals surface area contributed by atoms with Crippen molar-refractivity contribution in [3.05, 3.63) is 58.7 Å². The fourth-order valence-corrected chi connectivity index (χ4v) is 2.93. The first-order valence-electron chi connectivity index (χ1n) is 6.03. The molecule has 0 spiro atoms. The van der Waals surface area contributed by atoms with Gasteiger partial charge in [0.05, 0.1) is 16.4 Å². The fraction of sp³-hybridized carbons (Fsp3) is 0.214. The van der Waals surface area contributed by atoms with Crippen molar-refractivity contribution in [2.45, 2.75) is 17.6 Å². The summed E-state index contributed by atoms with van der Waals surface area (Å²) < 4.78 is 49.2. The summed E-state index contributed by atoms with van der Waals surface area (Å²) in [4.78, 5) is 3.63. The molecular formula is C14H11ClF3NOS. The molecule has 2 aromatic rings. The van der Waals surface area contributed by atoms with E-state index in [1.54, 1.807) is 12.1 Å². The van der Waals surface area contributed by atoms with Crippen molar-refractivity contribution in [1.29, 1.82) is 0 Å². The highest BCUT2D eigenvalue weighted by molar-refractivity contribution is 7.84. The Labute approximate surface area is 127 Å². The highest BCUT2D eigenvalue weighted by Crippen LogP contribution is 2.28. The number of rotatable bonds is 4. The Morgan fingerprint density at radius 1 is 1.14 bits per heavy atom. The van der Waals surface area contributed by atoms with Gasteiger partial charge in [-0.25, -0.2) is 4.98 Å². The van der Waals surface area contributed by atoms with Crippen molar-refractivity contribution in [3.63, 3.8) is 0 Å². The number of aryl methyl sites for hydroxylation is 1. The Morgan fingerprint density at radius 2 is 1.86 bits per heavy atom. The van der Waals surface area contributed by atoms with Crippen LogP contribution >= 0.6 is 11.6 Å². The molecule has 0 amide bonds. The minimum absolute atomic E-state index is 0.134. The van der Waals surface area contributed by atoms with Gasteiger partial charge < -0.3 is 0 Å². The van der Waals surface area contributed by atoms with Crippen LogP contribution in [0.2, 0.25) is 5.02 Å². The zero-order valence-corrected chi connectivity index (χ0v) is 12.3. The number of hydrogen-bond acceptors (Lipinski definition) is 2. The summed E-state index contributed by atoms with van der Waals surface area (Å²) in [6, 6.07) is 9.19. The second-order valence-electron chi connectivity index (χ2n) is 4.27. The largest absolute Gasteiger partial charge is 0.417 e. The molecule has 112 valence electrons. The molecule has 1 atom stereocenters. The Kier molecular flexibility index (Phi) is 5.00. The van der Waals surface area contributed by atoms with E-state index >= 15 is 0 Å². The molecule has 1 unspecified atom stereocenters. The van der Waals surface area contributed by atoms with E-state index in [0.29, 0.717) is 17.6 Å². The molecule has 21 heavy (non-hydrogen) atoms. The molecule has 2 nitrogen and oxygen atoms in total. The molecule has 1 heterocycles. The molecule has 0 fully saturated rings. The monoisotopic (exact) mass is 333 g/mol. The van der Waals surface area contributed by atoms with Gasteiger partial charge in [0.2, 0.25) is 0 Å². The van der Waals surface area contributed by atoms with E-state index < -0.39 is 22.5 Å². The molecular weight excluding hydrogens is 323 g/mol. The van der Waals surface area contributed by atoms with E-state index in [1.165, 1.54) is 0 Å². The number of alkyl halides is 3. The smallest absolute Gasteiger partial charge is 0.253 e. The van der Waals surface area contributed by atoms with Crippen molar-refractivity contribution in [1.82, 2.24) is 4.98 Å². The molecule has 0 radical (unpaired) electrons. The third-order valence-corrected chi connectivity index (χ3v) is 4.46. The standard InChI is InChI=1S/C14H11ClF3NOS/c15-12-4-2-1-3-10(12)7-8-21(20)13-6-5-11(9-19-13)14(16,17)18/h1-6,9H,7-8H2. The lowest BCUT2D eigenvalue weighted by atomic mass is 10.2. The first kappa shape index (κ1) is 16.0. The third kappa shape index (κ3) is 4.28. The van der Waals surface area contributed by atoms with Crippen LogP contribution in [0.15, 0.2) is 47.6 Å². The van der Waals surface area contributed by atoms with Crippen molar-refractivity contribution < 1.29 is 17.4 Å². The number of pyridine rings is 1. The molecule has 0 aliphatic heterocycles. The average Bonchev–Trinajstić information content (AvgIpc) is 2.45. The molecule has 1 aromatic carbocycles. The summed E-state index contributed by atoms with van der Waals surface area (Å²) in [6.45, 7) is 0. The van der Waals surface area contributed by atoms with E-state index in [1.807, 2.05) is 12.1 Å². The van der Waals surface area contributed by atoms with Crippen LogP contribution in [-0.4, -0.2) is 14.9 Å². The number of aromatic nitrogens is 1. The molecule has 0 saturated heterocycles. The minimum atomic E-state index is -4.44. The van der Waals surface area contributed by atoms with Gasteiger partial charge in [0, 0.05) is 17.0 Å². The van der Waals surface area contributed by atoms with Crippen LogP contribution in [0, 0.1) is 0 Å². The van der Waals surface area contributed by atoms with Crippen molar-refractivity contribution >= 4 is 22.4 Å². The van der Waals surface area contributed by atoms with Crippen LogP contribution in [0.3, 0.4) is 0 Å². The zero-order chi connectivity index (χ0) is 15.5. The van der Waals surface area contributed by atoms with Gasteiger partial charge in [-0.3, -0.25) is 4.21 Å². The van der Waals surface area contributed by atoms with Crippen LogP contribution in [-0.2, 0) is 23.4 Å². The lowest BCUT2D eigenvalue weighted by molar-refractivity contribution is -0.137. The summed E-state index contributed by atoms with van der Waals surface area (Å²) in [5, 5.41) is 0.713. The van der Waals surface area contributed by atoms with Gasteiger partial charge >= 0.3 is 6.18 Å². The third-order valence-electron chi connectivity index (χ3n) is 2.81. The van der Waals surface area contributed by atoms with Gasteiger partial charge in [-0.05, 0) is 30.2 Å². The fourth-order valence-electron chi connectivity index (χ4n) is 1.69. The highest BCUT2D eigenvalue weighted by Gasteiger charge is 2.30. The Balaban J connectivity index is 2.03. The van der Waals surface area contributed by atoms with Crippen LogP contribution in [0.5, 0.6) is 0 Å². The topological polar surface area (TPSA) is 30.0 Å². The Hall–Kier alpha value is -1.40. The zero-order valence-electron chi connectivity index (χ0n) is 10.7. The maximum atomic E-state index is 12.4. The number of benzene rings is 1. The lowest BCUT2D eigenvalue weighted by Crippen LogP contribution is -2.08. The molecule has 0 aliphatic carbocycles. The van der Waals surface area contributed by atoms with Gasteiger partial charge in [-0.1, -0.05) is 29.8 Å². The van der Waals surface area contributed by atoms with E-state index in [-0.39, 0.29) is 10.8 Å². The second kappa shape index (κ2) is 6.58. The normalized spacial score (nSPS) is 13.1. The van der Waals surface area contributed by atoms with Crippen molar-refractivity contribution in [3.8, 4) is 0 Å². The molecule has 0 saturated carbocycles. The van der Waals surface area contributed by atoms with Crippen LogP contribution < -0.4 is 0 Å². The van der Waals surface area contributed by atoms with E-state index in [4.69, 9.17) is 11.6 Å². The van der Waals surface area contributed by atoms with Gasteiger partial charge in [-0.15, -0.1) is 0 Å². The molecule has 0 aliphatic rings. The summed E-state index contributed by atoms with van der Waals surface area (Å²) in [5.41, 5.74) is -0.00576.